The summed E-state index contributed by atoms with van der Waals surface area (Å²) >= 11 is 0. The fourth-order valence-electron chi connectivity index (χ4n) is 2.92. The second-order valence-corrected chi connectivity index (χ2v) is 5.25. The van der Waals surface area contributed by atoms with Gasteiger partial charge in [0, 0.05) is 31.4 Å². The first-order valence-electron chi connectivity index (χ1n) is 7.06. The monoisotopic (exact) mass is 246 g/mol. The minimum atomic E-state index is 0.493. The predicted molar refractivity (Wildman–Crippen MR) is 73.9 cm³/mol. The molecule has 0 atom stereocenters. The summed E-state index contributed by atoms with van der Waals surface area (Å²) in [5, 5.41) is 7.13. The zero-order chi connectivity index (χ0) is 12.4. The van der Waals surface area contributed by atoms with Gasteiger partial charge in [0.1, 0.15) is 0 Å². The highest BCUT2D eigenvalue weighted by atomic mass is 16.5. The van der Waals surface area contributed by atoms with E-state index >= 15 is 0 Å². The second-order valence-electron chi connectivity index (χ2n) is 5.25. The fraction of sp³-hybridized carbons (Fsp3) is 0.600. The molecule has 2 N–H and O–H groups in total. The van der Waals surface area contributed by atoms with Gasteiger partial charge in [-0.25, -0.2) is 0 Å². The zero-order valence-electron chi connectivity index (χ0n) is 11.0. The molecule has 18 heavy (non-hydrogen) atoms. The van der Waals surface area contributed by atoms with Gasteiger partial charge in [0.05, 0.1) is 6.10 Å². The number of benzene rings is 1. The summed E-state index contributed by atoms with van der Waals surface area (Å²) in [6.45, 7) is 4.97. The third-order valence-corrected chi connectivity index (χ3v) is 4.01. The number of ether oxygens (including phenoxy) is 1. The highest BCUT2D eigenvalue weighted by molar-refractivity contribution is 5.61. The Labute approximate surface area is 109 Å². The Morgan fingerprint density at radius 3 is 3.11 bits per heavy atom. The Morgan fingerprint density at radius 2 is 2.28 bits per heavy atom. The maximum absolute atomic E-state index is 5.58. The summed E-state index contributed by atoms with van der Waals surface area (Å²) < 4.78 is 5.58. The maximum atomic E-state index is 5.58. The van der Waals surface area contributed by atoms with Gasteiger partial charge in [0.2, 0.25) is 0 Å². The van der Waals surface area contributed by atoms with Crippen LogP contribution in [0.1, 0.15) is 30.9 Å². The lowest BCUT2D eigenvalue weighted by Gasteiger charge is -2.35. The molecule has 2 aliphatic rings. The molecule has 0 saturated heterocycles. The summed E-state index contributed by atoms with van der Waals surface area (Å²) in [5.41, 5.74) is 4.24. The minimum Gasteiger partial charge on any atom is -0.384 e. The van der Waals surface area contributed by atoms with Crippen molar-refractivity contribution in [3.8, 4) is 0 Å². The fourth-order valence-corrected chi connectivity index (χ4v) is 2.92. The van der Waals surface area contributed by atoms with Crippen LogP contribution in [0.25, 0.3) is 0 Å². The molecule has 1 heterocycles. The molecule has 1 aliphatic heterocycles. The van der Waals surface area contributed by atoms with Crippen molar-refractivity contribution in [1.29, 1.82) is 0 Å². The van der Waals surface area contributed by atoms with Crippen molar-refractivity contribution in [2.75, 3.05) is 18.5 Å². The van der Waals surface area contributed by atoms with Gasteiger partial charge in [0.15, 0.2) is 0 Å². The molecular formula is C15H22N2O. The first-order chi connectivity index (χ1) is 8.86. The van der Waals surface area contributed by atoms with Crippen molar-refractivity contribution in [1.82, 2.24) is 5.32 Å². The summed E-state index contributed by atoms with van der Waals surface area (Å²) in [7, 11) is 0. The van der Waals surface area contributed by atoms with Gasteiger partial charge >= 0.3 is 0 Å². The predicted octanol–water partition coefficient (Wildman–Crippen LogP) is 2.31. The number of nitrogens with one attached hydrogen (secondary N) is 2. The number of para-hydroxylation sites is 1. The van der Waals surface area contributed by atoms with Crippen molar-refractivity contribution < 1.29 is 4.74 Å². The minimum absolute atomic E-state index is 0.493. The molecule has 0 bridgehead atoms. The van der Waals surface area contributed by atoms with E-state index in [0.29, 0.717) is 12.1 Å². The molecule has 3 nitrogen and oxygen atoms in total. The number of hydrogen-bond donors (Lipinski definition) is 2. The first-order valence-corrected chi connectivity index (χ1v) is 7.06. The summed E-state index contributed by atoms with van der Waals surface area (Å²) in [5.74, 6) is 0. The van der Waals surface area contributed by atoms with Crippen LogP contribution >= 0.6 is 0 Å². The average molecular weight is 246 g/mol. The maximum Gasteiger partial charge on any atom is 0.0604 e. The summed E-state index contributed by atoms with van der Waals surface area (Å²) in [4.78, 5) is 0. The van der Waals surface area contributed by atoms with Crippen LogP contribution in [0.3, 0.4) is 0 Å². The largest absolute Gasteiger partial charge is 0.384 e. The Hall–Kier alpha value is -1.06. The topological polar surface area (TPSA) is 33.3 Å². The standard InChI is InChI=1S/C15H22N2O/c1-2-18-14-8-13(9-14)17-10-12-5-3-4-11-6-7-16-15(11)12/h3-5,13-14,16-17H,2,6-10H2,1H3. The van der Waals surface area contributed by atoms with E-state index in [4.69, 9.17) is 4.74 Å². The number of hydrogen-bond acceptors (Lipinski definition) is 3. The molecule has 0 spiro atoms. The Kier molecular flexibility index (Phi) is 3.52. The SMILES string of the molecule is CCOC1CC(NCc2cccc3c2NCC3)C1. The van der Waals surface area contributed by atoms with E-state index in [1.807, 2.05) is 0 Å². The van der Waals surface area contributed by atoms with E-state index in [9.17, 15) is 0 Å². The highest BCUT2D eigenvalue weighted by Gasteiger charge is 2.29. The lowest BCUT2D eigenvalue weighted by atomic mass is 9.89. The third kappa shape index (κ3) is 2.38. The molecule has 1 saturated carbocycles. The molecule has 1 fully saturated rings. The van der Waals surface area contributed by atoms with Gasteiger partial charge < -0.3 is 15.4 Å². The Bertz CT molecular complexity index is 413. The number of anilines is 1. The van der Waals surface area contributed by atoms with Crippen LogP contribution in [0.15, 0.2) is 18.2 Å². The smallest absolute Gasteiger partial charge is 0.0604 e. The van der Waals surface area contributed by atoms with E-state index < -0.39 is 0 Å². The van der Waals surface area contributed by atoms with Crippen molar-refractivity contribution >= 4 is 5.69 Å². The number of fused-ring (bicyclic) bond motifs is 1. The Balaban J connectivity index is 1.51. The molecule has 1 aromatic rings. The van der Waals surface area contributed by atoms with Crippen molar-refractivity contribution in [2.24, 2.45) is 0 Å². The van der Waals surface area contributed by atoms with Crippen LogP contribution in [-0.2, 0) is 17.7 Å². The van der Waals surface area contributed by atoms with E-state index in [1.54, 1.807) is 0 Å². The van der Waals surface area contributed by atoms with Crippen molar-refractivity contribution in [3.63, 3.8) is 0 Å². The van der Waals surface area contributed by atoms with Crippen LogP contribution in [0.4, 0.5) is 5.69 Å². The molecule has 1 aliphatic carbocycles. The lowest BCUT2D eigenvalue weighted by molar-refractivity contribution is -0.0102. The molecule has 0 radical (unpaired) electrons. The quantitative estimate of drug-likeness (QED) is 0.836. The lowest BCUT2D eigenvalue weighted by Crippen LogP contribution is -2.45. The van der Waals surface area contributed by atoms with Gasteiger partial charge in [-0.2, -0.15) is 0 Å². The normalized spacial score (nSPS) is 25.4. The molecule has 0 aromatic heterocycles. The van der Waals surface area contributed by atoms with Gasteiger partial charge in [-0.05, 0) is 37.3 Å². The van der Waals surface area contributed by atoms with Crippen LogP contribution < -0.4 is 10.6 Å². The van der Waals surface area contributed by atoms with Crippen LogP contribution in [0.2, 0.25) is 0 Å². The first kappa shape index (κ1) is 12.0. The average Bonchev–Trinajstić information content (AvgIpc) is 2.80. The summed E-state index contributed by atoms with van der Waals surface area (Å²) in [6, 6.07) is 7.27. The molecule has 3 heteroatoms. The molecular weight excluding hydrogens is 224 g/mol. The highest BCUT2D eigenvalue weighted by Crippen LogP contribution is 2.28. The molecule has 1 aromatic carbocycles. The molecule has 98 valence electrons. The van der Waals surface area contributed by atoms with Crippen LogP contribution in [0.5, 0.6) is 0 Å². The Morgan fingerprint density at radius 1 is 1.39 bits per heavy atom. The van der Waals surface area contributed by atoms with Crippen molar-refractivity contribution in [2.45, 2.75) is 44.9 Å². The summed E-state index contributed by atoms with van der Waals surface area (Å²) in [6.07, 6.45) is 3.98. The van der Waals surface area contributed by atoms with Gasteiger partial charge in [-0.3, -0.25) is 0 Å². The van der Waals surface area contributed by atoms with Gasteiger partial charge in [0.25, 0.3) is 0 Å². The van der Waals surface area contributed by atoms with E-state index in [2.05, 4.69) is 35.8 Å². The molecule has 0 unspecified atom stereocenters. The van der Waals surface area contributed by atoms with Crippen molar-refractivity contribution in [3.05, 3.63) is 29.3 Å². The molecule has 3 rings (SSSR count). The van der Waals surface area contributed by atoms with E-state index in [1.165, 1.54) is 23.2 Å². The number of rotatable bonds is 5. The van der Waals surface area contributed by atoms with Gasteiger partial charge in [-0.15, -0.1) is 0 Å². The zero-order valence-corrected chi connectivity index (χ0v) is 11.0. The third-order valence-electron chi connectivity index (χ3n) is 4.01. The molecule has 0 amide bonds. The second kappa shape index (κ2) is 5.29. The van der Waals surface area contributed by atoms with E-state index in [-0.39, 0.29) is 0 Å². The van der Waals surface area contributed by atoms with Gasteiger partial charge in [-0.1, -0.05) is 18.2 Å². The van der Waals surface area contributed by atoms with E-state index in [0.717, 1.165) is 32.5 Å². The van der Waals surface area contributed by atoms with Crippen LogP contribution in [0, 0.1) is 0 Å². The van der Waals surface area contributed by atoms with Crippen LogP contribution in [-0.4, -0.2) is 25.3 Å².